The minimum Gasteiger partial charge on any atom is -0.481 e. The van der Waals surface area contributed by atoms with Gasteiger partial charge in [0.25, 0.3) is 0 Å². The number of aromatic nitrogens is 1. The molecule has 2 aromatic rings. The average molecular weight is 325 g/mol. The second kappa shape index (κ2) is 6.63. The van der Waals surface area contributed by atoms with Crippen LogP contribution in [0.1, 0.15) is 11.1 Å². The number of nitrogens with zero attached hydrogens (tertiary/aromatic N) is 1. The van der Waals surface area contributed by atoms with Crippen LogP contribution >= 0.6 is 15.9 Å². The molecule has 0 saturated heterocycles. The molecular weight excluding hydrogens is 311 g/mol. The van der Waals surface area contributed by atoms with Crippen molar-refractivity contribution in [2.45, 2.75) is 13.1 Å². The summed E-state index contributed by atoms with van der Waals surface area (Å²) in [5.41, 5.74) is 1.69. The van der Waals surface area contributed by atoms with Gasteiger partial charge in [0.2, 0.25) is 5.88 Å². The fourth-order valence-electron chi connectivity index (χ4n) is 1.68. The number of rotatable bonds is 5. The van der Waals surface area contributed by atoms with Gasteiger partial charge in [0, 0.05) is 35.4 Å². The van der Waals surface area contributed by atoms with E-state index in [2.05, 4.69) is 26.2 Å². The lowest BCUT2D eigenvalue weighted by molar-refractivity contribution is 0.397. The predicted molar refractivity (Wildman–Crippen MR) is 75.4 cm³/mol. The molecule has 0 saturated carbocycles. The lowest BCUT2D eigenvalue weighted by atomic mass is 10.2. The first-order chi connectivity index (χ1) is 9.19. The van der Waals surface area contributed by atoms with Gasteiger partial charge < -0.3 is 10.1 Å². The van der Waals surface area contributed by atoms with E-state index in [0.717, 1.165) is 10.0 Å². The number of methoxy groups -OCH3 is 1. The number of ether oxygens (including phenoxy) is 1. The van der Waals surface area contributed by atoms with E-state index in [9.17, 15) is 4.39 Å². The van der Waals surface area contributed by atoms with E-state index in [1.807, 2.05) is 18.2 Å². The molecule has 100 valence electrons. The summed E-state index contributed by atoms with van der Waals surface area (Å²) in [4.78, 5) is 4.03. The molecule has 0 aliphatic rings. The largest absolute Gasteiger partial charge is 0.481 e. The first-order valence-corrected chi connectivity index (χ1v) is 6.62. The summed E-state index contributed by atoms with van der Waals surface area (Å²) in [7, 11) is 1.58. The Bertz CT molecular complexity index is 563. The van der Waals surface area contributed by atoms with Crippen molar-refractivity contribution in [1.29, 1.82) is 0 Å². The normalized spacial score (nSPS) is 10.5. The Morgan fingerprint density at radius 3 is 2.84 bits per heavy atom. The first-order valence-electron chi connectivity index (χ1n) is 5.82. The Morgan fingerprint density at radius 1 is 1.26 bits per heavy atom. The number of halogens is 2. The van der Waals surface area contributed by atoms with Gasteiger partial charge >= 0.3 is 0 Å². The lowest BCUT2D eigenvalue weighted by Gasteiger charge is -2.07. The summed E-state index contributed by atoms with van der Waals surface area (Å²) >= 11 is 3.24. The third-order valence-electron chi connectivity index (χ3n) is 2.67. The SMILES string of the molecule is COc1cc(CNCc2ccc(Br)cc2F)ccn1. The fraction of sp³-hybridized carbons (Fsp3) is 0.214. The van der Waals surface area contributed by atoms with Gasteiger partial charge in [-0.15, -0.1) is 0 Å². The van der Waals surface area contributed by atoms with Gasteiger partial charge in [-0.05, 0) is 23.8 Å². The van der Waals surface area contributed by atoms with Crippen LogP contribution in [0.25, 0.3) is 0 Å². The highest BCUT2D eigenvalue weighted by atomic mass is 79.9. The van der Waals surface area contributed by atoms with Gasteiger partial charge in [-0.2, -0.15) is 0 Å². The van der Waals surface area contributed by atoms with Crippen molar-refractivity contribution in [3.05, 3.63) is 57.9 Å². The van der Waals surface area contributed by atoms with Crippen LogP contribution in [0.3, 0.4) is 0 Å². The van der Waals surface area contributed by atoms with Crippen molar-refractivity contribution >= 4 is 15.9 Å². The van der Waals surface area contributed by atoms with Gasteiger partial charge in [-0.25, -0.2) is 9.37 Å². The Morgan fingerprint density at radius 2 is 2.11 bits per heavy atom. The molecule has 19 heavy (non-hydrogen) atoms. The molecule has 0 radical (unpaired) electrons. The zero-order valence-electron chi connectivity index (χ0n) is 10.5. The van der Waals surface area contributed by atoms with E-state index in [1.165, 1.54) is 6.07 Å². The molecule has 5 heteroatoms. The Kier molecular flexibility index (Phi) is 4.87. The molecule has 0 aliphatic heterocycles. The molecule has 0 spiro atoms. The summed E-state index contributed by atoms with van der Waals surface area (Å²) < 4.78 is 19.4. The number of nitrogens with one attached hydrogen (secondary N) is 1. The highest BCUT2D eigenvalue weighted by Gasteiger charge is 2.03. The maximum atomic E-state index is 13.6. The Labute approximate surface area is 119 Å². The Hall–Kier alpha value is -1.46. The monoisotopic (exact) mass is 324 g/mol. The van der Waals surface area contributed by atoms with Crippen LogP contribution in [-0.2, 0) is 13.1 Å². The number of hydrogen-bond acceptors (Lipinski definition) is 3. The van der Waals surface area contributed by atoms with Gasteiger partial charge in [0.05, 0.1) is 7.11 Å². The third-order valence-corrected chi connectivity index (χ3v) is 3.16. The second-order valence-corrected chi connectivity index (χ2v) is 4.96. The predicted octanol–water partition coefficient (Wildman–Crippen LogP) is 3.28. The van der Waals surface area contributed by atoms with E-state index in [4.69, 9.17) is 4.74 Å². The molecule has 0 unspecified atom stereocenters. The van der Waals surface area contributed by atoms with Gasteiger partial charge in [0.15, 0.2) is 0 Å². The van der Waals surface area contributed by atoms with Crippen LogP contribution in [0, 0.1) is 5.82 Å². The average Bonchev–Trinajstić information content (AvgIpc) is 2.41. The van der Waals surface area contributed by atoms with Crippen molar-refractivity contribution in [3.8, 4) is 5.88 Å². The van der Waals surface area contributed by atoms with Crippen LogP contribution < -0.4 is 10.1 Å². The van der Waals surface area contributed by atoms with Gasteiger partial charge in [-0.1, -0.05) is 22.0 Å². The maximum Gasteiger partial charge on any atom is 0.213 e. The van der Waals surface area contributed by atoms with Crippen molar-refractivity contribution in [3.63, 3.8) is 0 Å². The minimum atomic E-state index is -0.214. The molecule has 1 N–H and O–H groups in total. The van der Waals surface area contributed by atoms with E-state index in [0.29, 0.717) is 24.5 Å². The number of pyridine rings is 1. The van der Waals surface area contributed by atoms with Crippen LogP contribution in [-0.4, -0.2) is 12.1 Å². The Balaban J connectivity index is 1.92. The van der Waals surface area contributed by atoms with Crippen molar-refractivity contribution < 1.29 is 9.13 Å². The zero-order valence-corrected chi connectivity index (χ0v) is 12.1. The van der Waals surface area contributed by atoms with Crippen LogP contribution in [0.2, 0.25) is 0 Å². The maximum absolute atomic E-state index is 13.6. The highest BCUT2D eigenvalue weighted by Crippen LogP contribution is 2.15. The van der Waals surface area contributed by atoms with Crippen LogP contribution in [0.4, 0.5) is 4.39 Å². The summed E-state index contributed by atoms with van der Waals surface area (Å²) in [5.74, 6) is 0.364. The van der Waals surface area contributed by atoms with E-state index in [1.54, 1.807) is 19.4 Å². The van der Waals surface area contributed by atoms with Crippen molar-refractivity contribution in [1.82, 2.24) is 10.3 Å². The molecule has 1 aromatic carbocycles. The van der Waals surface area contributed by atoms with Gasteiger partial charge in [-0.3, -0.25) is 0 Å². The highest BCUT2D eigenvalue weighted by molar-refractivity contribution is 9.10. The zero-order chi connectivity index (χ0) is 13.7. The minimum absolute atomic E-state index is 0.214. The second-order valence-electron chi connectivity index (χ2n) is 4.05. The molecule has 3 nitrogen and oxygen atoms in total. The summed E-state index contributed by atoms with van der Waals surface area (Å²) in [6.45, 7) is 1.11. The quantitative estimate of drug-likeness (QED) is 0.916. The van der Waals surface area contributed by atoms with E-state index < -0.39 is 0 Å². The summed E-state index contributed by atoms with van der Waals surface area (Å²) in [6.07, 6.45) is 1.69. The van der Waals surface area contributed by atoms with Crippen molar-refractivity contribution in [2.24, 2.45) is 0 Å². The lowest BCUT2D eigenvalue weighted by Crippen LogP contribution is -2.13. The third kappa shape index (κ3) is 4.01. The van der Waals surface area contributed by atoms with E-state index in [-0.39, 0.29) is 5.82 Å². The van der Waals surface area contributed by atoms with Crippen LogP contribution in [0.5, 0.6) is 5.88 Å². The fourth-order valence-corrected chi connectivity index (χ4v) is 2.01. The first kappa shape index (κ1) is 14.0. The molecule has 0 bridgehead atoms. The van der Waals surface area contributed by atoms with Crippen LogP contribution in [0.15, 0.2) is 41.0 Å². The smallest absolute Gasteiger partial charge is 0.213 e. The molecule has 1 aromatic heterocycles. The molecule has 2 rings (SSSR count). The molecular formula is C14H14BrFN2O. The number of hydrogen-bond donors (Lipinski definition) is 1. The molecule has 0 aliphatic carbocycles. The number of benzene rings is 1. The molecule has 0 fully saturated rings. The van der Waals surface area contributed by atoms with Gasteiger partial charge in [0.1, 0.15) is 5.82 Å². The summed E-state index contributed by atoms with van der Waals surface area (Å²) in [6, 6.07) is 8.81. The topological polar surface area (TPSA) is 34.1 Å². The molecule has 1 heterocycles. The molecule has 0 atom stereocenters. The molecule has 0 amide bonds. The summed E-state index contributed by atoms with van der Waals surface area (Å²) in [5, 5.41) is 3.19. The standard InChI is InChI=1S/C14H14BrFN2O/c1-19-14-6-10(4-5-18-14)8-17-9-11-2-3-12(15)7-13(11)16/h2-7,17H,8-9H2,1H3. The van der Waals surface area contributed by atoms with Crippen molar-refractivity contribution in [2.75, 3.05) is 7.11 Å². The van der Waals surface area contributed by atoms with E-state index >= 15 is 0 Å².